The molecular weight excluding hydrogens is 340 g/mol. The first-order chi connectivity index (χ1) is 13.3. The summed E-state index contributed by atoms with van der Waals surface area (Å²) >= 11 is 0. The second-order valence-electron chi connectivity index (χ2n) is 6.64. The van der Waals surface area contributed by atoms with Crippen LogP contribution < -0.4 is 0 Å². The van der Waals surface area contributed by atoms with E-state index in [1.165, 1.54) is 0 Å². The summed E-state index contributed by atoms with van der Waals surface area (Å²) in [6.07, 6.45) is 7.42. The van der Waals surface area contributed by atoms with Gasteiger partial charge >= 0.3 is 0 Å². The molecule has 134 valence electrons. The lowest BCUT2D eigenvalue weighted by molar-refractivity contribution is 0.0729. The van der Waals surface area contributed by atoms with Crippen molar-refractivity contribution in [3.8, 4) is 5.69 Å². The molecule has 7 heteroatoms. The molecule has 0 spiro atoms. The van der Waals surface area contributed by atoms with Crippen molar-refractivity contribution in [2.75, 3.05) is 6.54 Å². The molecule has 1 amide bonds. The second kappa shape index (κ2) is 6.35. The van der Waals surface area contributed by atoms with E-state index in [1.54, 1.807) is 10.9 Å². The smallest absolute Gasteiger partial charge is 0.254 e. The molecule has 1 aromatic carbocycles. The van der Waals surface area contributed by atoms with Crippen LogP contribution >= 0.6 is 0 Å². The fourth-order valence-electron chi connectivity index (χ4n) is 3.71. The zero-order valence-electron chi connectivity index (χ0n) is 14.6. The van der Waals surface area contributed by atoms with Gasteiger partial charge in [0.05, 0.1) is 11.7 Å². The summed E-state index contributed by atoms with van der Waals surface area (Å²) < 4.78 is 3.74. The first kappa shape index (κ1) is 15.7. The number of nitrogens with zero attached hydrogens (tertiary/aromatic N) is 6. The summed E-state index contributed by atoms with van der Waals surface area (Å²) in [4.78, 5) is 15.0. The van der Waals surface area contributed by atoms with Crippen LogP contribution in [0.2, 0.25) is 0 Å². The zero-order valence-corrected chi connectivity index (χ0v) is 14.6. The minimum absolute atomic E-state index is 0.0252. The molecule has 1 atom stereocenters. The second-order valence-corrected chi connectivity index (χ2v) is 6.64. The van der Waals surface area contributed by atoms with Gasteiger partial charge in [0.15, 0.2) is 11.5 Å². The van der Waals surface area contributed by atoms with Crippen LogP contribution in [-0.2, 0) is 0 Å². The number of rotatable bonds is 3. The van der Waals surface area contributed by atoms with Crippen LogP contribution in [0.15, 0.2) is 67.1 Å². The molecule has 0 radical (unpaired) electrons. The highest BCUT2D eigenvalue weighted by Gasteiger charge is 2.33. The van der Waals surface area contributed by atoms with Gasteiger partial charge in [0.25, 0.3) is 5.91 Å². The Morgan fingerprint density at radius 2 is 1.89 bits per heavy atom. The summed E-state index contributed by atoms with van der Waals surface area (Å²) in [7, 11) is 0. The van der Waals surface area contributed by atoms with E-state index >= 15 is 0 Å². The van der Waals surface area contributed by atoms with Gasteiger partial charge < -0.3 is 4.90 Å². The molecule has 1 aliphatic heterocycles. The van der Waals surface area contributed by atoms with Crippen LogP contribution in [0, 0.1) is 0 Å². The van der Waals surface area contributed by atoms with Crippen molar-refractivity contribution in [2.24, 2.45) is 0 Å². The van der Waals surface area contributed by atoms with E-state index in [0.29, 0.717) is 5.56 Å². The Hall–Kier alpha value is -3.48. The fourth-order valence-corrected chi connectivity index (χ4v) is 3.71. The standard InChI is InChI=1S/C20H18N6O/c27-20(15-7-9-16(10-8-15)26-14-4-11-21-26)24-13-3-5-17(24)19-23-22-18-6-1-2-12-25(18)19/h1-2,4,6-12,14,17H,3,5,13H2/t17-/m0/s1. The molecule has 1 fully saturated rings. The summed E-state index contributed by atoms with van der Waals surface area (Å²) in [6.45, 7) is 0.728. The van der Waals surface area contributed by atoms with Gasteiger partial charge in [0, 0.05) is 30.7 Å². The van der Waals surface area contributed by atoms with Crippen molar-refractivity contribution in [3.63, 3.8) is 0 Å². The molecule has 5 rings (SSSR count). The van der Waals surface area contributed by atoms with E-state index < -0.39 is 0 Å². The van der Waals surface area contributed by atoms with Gasteiger partial charge in [-0.25, -0.2) is 4.68 Å². The van der Waals surface area contributed by atoms with Gasteiger partial charge in [-0.05, 0) is 55.3 Å². The lowest BCUT2D eigenvalue weighted by Gasteiger charge is -2.23. The van der Waals surface area contributed by atoms with Crippen LogP contribution in [0.25, 0.3) is 11.3 Å². The summed E-state index contributed by atoms with van der Waals surface area (Å²) in [5.41, 5.74) is 2.40. The quantitative estimate of drug-likeness (QED) is 0.565. The number of likely N-dealkylation sites (tertiary alicyclic amines) is 1. The first-order valence-corrected chi connectivity index (χ1v) is 9.02. The van der Waals surface area contributed by atoms with Crippen molar-refractivity contribution >= 4 is 11.6 Å². The Morgan fingerprint density at radius 1 is 1.00 bits per heavy atom. The van der Waals surface area contributed by atoms with Gasteiger partial charge in [0.1, 0.15) is 0 Å². The monoisotopic (exact) mass is 358 g/mol. The van der Waals surface area contributed by atoms with Crippen molar-refractivity contribution in [1.29, 1.82) is 0 Å². The predicted molar refractivity (Wildman–Crippen MR) is 99.6 cm³/mol. The maximum absolute atomic E-state index is 13.1. The Bertz CT molecular complexity index is 1080. The van der Waals surface area contributed by atoms with E-state index in [-0.39, 0.29) is 11.9 Å². The van der Waals surface area contributed by atoms with Crippen LogP contribution in [0.3, 0.4) is 0 Å². The molecule has 0 unspecified atom stereocenters. The minimum atomic E-state index is -0.0549. The Kier molecular flexibility index (Phi) is 3.71. The number of fused-ring (bicyclic) bond motifs is 1. The molecule has 0 aliphatic carbocycles. The van der Waals surface area contributed by atoms with Gasteiger partial charge in [-0.1, -0.05) is 6.07 Å². The third-order valence-corrected chi connectivity index (χ3v) is 5.04. The molecule has 0 saturated carbocycles. The highest BCUT2D eigenvalue weighted by Crippen LogP contribution is 2.32. The zero-order chi connectivity index (χ0) is 18.2. The highest BCUT2D eigenvalue weighted by molar-refractivity contribution is 5.94. The molecule has 0 bridgehead atoms. The molecular formula is C20H18N6O. The van der Waals surface area contributed by atoms with E-state index in [9.17, 15) is 4.79 Å². The van der Waals surface area contributed by atoms with Crippen molar-refractivity contribution in [2.45, 2.75) is 18.9 Å². The predicted octanol–water partition coefficient (Wildman–Crippen LogP) is 2.89. The Morgan fingerprint density at radius 3 is 2.70 bits per heavy atom. The van der Waals surface area contributed by atoms with Crippen LogP contribution in [0.4, 0.5) is 0 Å². The van der Waals surface area contributed by atoms with E-state index in [0.717, 1.165) is 36.5 Å². The topological polar surface area (TPSA) is 68.3 Å². The van der Waals surface area contributed by atoms with E-state index in [4.69, 9.17) is 0 Å². The van der Waals surface area contributed by atoms with Crippen molar-refractivity contribution < 1.29 is 4.79 Å². The summed E-state index contributed by atoms with van der Waals surface area (Å²) in [5.74, 6) is 0.849. The average Bonchev–Trinajstić information content (AvgIpc) is 3.47. The molecule has 4 aromatic rings. The van der Waals surface area contributed by atoms with Gasteiger partial charge in [-0.15, -0.1) is 10.2 Å². The van der Waals surface area contributed by atoms with Gasteiger partial charge in [-0.2, -0.15) is 5.10 Å². The number of carbonyl (C=O) groups excluding carboxylic acids is 1. The molecule has 0 N–H and O–H groups in total. The SMILES string of the molecule is O=C(c1ccc(-n2cccn2)cc1)N1CCC[C@H]1c1nnc2ccccn12. The van der Waals surface area contributed by atoms with Crippen LogP contribution in [0.1, 0.15) is 35.1 Å². The fraction of sp³-hybridized carbons (Fsp3) is 0.200. The normalized spacial score (nSPS) is 16.9. The van der Waals surface area contributed by atoms with E-state index in [2.05, 4.69) is 15.3 Å². The van der Waals surface area contributed by atoms with Crippen LogP contribution in [-0.4, -0.2) is 41.7 Å². The molecule has 4 heterocycles. The maximum atomic E-state index is 13.1. The maximum Gasteiger partial charge on any atom is 0.254 e. The van der Waals surface area contributed by atoms with Crippen molar-refractivity contribution in [3.05, 3.63) is 78.5 Å². The summed E-state index contributed by atoms with van der Waals surface area (Å²) in [6, 6.07) is 15.2. The molecule has 1 aliphatic rings. The molecule has 3 aromatic heterocycles. The third-order valence-electron chi connectivity index (χ3n) is 5.04. The lowest BCUT2D eigenvalue weighted by Crippen LogP contribution is -2.31. The lowest BCUT2D eigenvalue weighted by atomic mass is 10.1. The molecule has 27 heavy (non-hydrogen) atoms. The number of benzene rings is 1. The summed E-state index contributed by atoms with van der Waals surface area (Å²) in [5, 5.41) is 12.8. The average molecular weight is 358 g/mol. The van der Waals surface area contributed by atoms with E-state index in [1.807, 2.05) is 70.2 Å². The number of hydrogen-bond acceptors (Lipinski definition) is 4. The molecule has 7 nitrogen and oxygen atoms in total. The van der Waals surface area contributed by atoms with Crippen LogP contribution in [0.5, 0.6) is 0 Å². The first-order valence-electron chi connectivity index (χ1n) is 9.02. The number of hydrogen-bond donors (Lipinski definition) is 0. The minimum Gasteiger partial charge on any atom is -0.328 e. The number of aromatic nitrogens is 5. The third kappa shape index (κ3) is 2.68. The number of amides is 1. The largest absolute Gasteiger partial charge is 0.328 e. The van der Waals surface area contributed by atoms with Gasteiger partial charge in [0.2, 0.25) is 0 Å². The molecule has 1 saturated heterocycles. The van der Waals surface area contributed by atoms with Gasteiger partial charge in [-0.3, -0.25) is 9.20 Å². The highest BCUT2D eigenvalue weighted by atomic mass is 16.2. The number of carbonyl (C=O) groups is 1. The number of pyridine rings is 1. The Labute approximate surface area is 155 Å². The Balaban J connectivity index is 1.44. The van der Waals surface area contributed by atoms with Crippen molar-refractivity contribution in [1.82, 2.24) is 29.3 Å².